The van der Waals surface area contributed by atoms with Gasteiger partial charge in [-0.05, 0) is 38.8 Å². The zero-order valence-corrected chi connectivity index (χ0v) is 9.24. The minimum atomic E-state index is -4.01. The average molecular weight is 226 g/mol. The van der Waals surface area contributed by atoms with Gasteiger partial charge in [0.1, 0.15) is 0 Å². The van der Waals surface area contributed by atoms with Crippen LogP contribution in [0, 0.1) is 0 Å². The molecule has 2 nitrogen and oxygen atoms in total. The first-order valence-electron chi connectivity index (χ1n) is 5.48. The van der Waals surface area contributed by atoms with Gasteiger partial charge in [0.05, 0.1) is 0 Å². The van der Waals surface area contributed by atoms with Gasteiger partial charge in [-0.1, -0.05) is 6.92 Å². The summed E-state index contributed by atoms with van der Waals surface area (Å²) in [5.41, 5.74) is 5.68. The van der Waals surface area contributed by atoms with Crippen molar-refractivity contribution in [3.8, 4) is 0 Å². The summed E-state index contributed by atoms with van der Waals surface area (Å²) in [7, 11) is 0. The van der Waals surface area contributed by atoms with Crippen LogP contribution in [0.3, 0.4) is 0 Å². The van der Waals surface area contributed by atoms with Crippen molar-refractivity contribution in [2.75, 3.05) is 13.1 Å². The molecule has 0 aliphatic heterocycles. The number of alkyl halides is 3. The minimum absolute atomic E-state index is 0.202. The number of nitrogens with one attached hydrogen (secondary N) is 1. The second-order valence-corrected chi connectivity index (χ2v) is 3.78. The molecule has 5 heteroatoms. The quantitative estimate of drug-likeness (QED) is 0.624. The molecule has 0 saturated carbocycles. The number of hydrogen-bond donors (Lipinski definition) is 2. The molecule has 1 atom stereocenters. The van der Waals surface area contributed by atoms with Crippen molar-refractivity contribution in [2.24, 2.45) is 5.73 Å². The summed E-state index contributed by atoms with van der Waals surface area (Å²) in [5, 5.41) is 3.09. The first-order valence-corrected chi connectivity index (χ1v) is 5.48. The topological polar surface area (TPSA) is 38.0 Å². The van der Waals surface area contributed by atoms with Crippen LogP contribution in [-0.2, 0) is 0 Å². The third-order valence-electron chi connectivity index (χ3n) is 2.28. The molecule has 15 heavy (non-hydrogen) atoms. The molecule has 0 heterocycles. The highest BCUT2D eigenvalue weighted by Crippen LogP contribution is 2.21. The summed E-state index contributed by atoms with van der Waals surface area (Å²) in [6.45, 7) is 3.46. The van der Waals surface area contributed by atoms with Gasteiger partial charge in [-0.25, -0.2) is 0 Å². The Kier molecular flexibility index (Phi) is 7.78. The maximum atomic E-state index is 11.7. The summed E-state index contributed by atoms with van der Waals surface area (Å²) in [6.07, 6.45) is -2.09. The molecule has 3 N–H and O–H groups in total. The third-order valence-corrected chi connectivity index (χ3v) is 2.28. The molecular formula is C10H21F3N2. The van der Waals surface area contributed by atoms with Gasteiger partial charge in [0.2, 0.25) is 0 Å². The van der Waals surface area contributed by atoms with Crippen molar-refractivity contribution in [1.82, 2.24) is 5.32 Å². The monoisotopic (exact) mass is 226 g/mol. The van der Waals surface area contributed by atoms with Gasteiger partial charge in [-0.15, -0.1) is 0 Å². The minimum Gasteiger partial charge on any atom is -0.328 e. The van der Waals surface area contributed by atoms with Gasteiger partial charge in [0.25, 0.3) is 0 Å². The van der Waals surface area contributed by atoms with Crippen LogP contribution < -0.4 is 11.1 Å². The predicted molar refractivity (Wildman–Crippen MR) is 55.7 cm³/mol. The van der Waals surface area contributed by atoms with E-state index in [-0.39, 0.29) is 12.5 Å². The van der Waals surface area contributed by atoms with E-state index in [9.17, 15) is 13.2 Å². The van der Waals surface area contributed by atoms with Crippen molar-refractivity contribution >= 4 is 0 Å². The maximum absolute atomic E-state index is 11.7. The first-order chi connectivity index (χ1) is 6.95. The summed E-state index contributed by atoms with van der Waals surface area (Å²) < 4.78 is 35.2. The zero-order valence-electron chi connectivity index (χ0n) is 9.24. The molecule has 0 aliphatic carbocycles. The Bertz CT molecular complexity index is 148. The van der Waals surface area contributed by atoms with Gasteiger partial charge in [-0.3, -0.25) is 0 Å². The lowest BCUT2D eigenvalue weighted by Gasteiger charge is -2.09. The summed E-state index contributed by atoms with van der Waals surface area (Å²) in [4.78, 5) is 0. The van der Waals surface area contributed by atoms with E-state index in [1.165, 1.54) is 0 Å². The van der Waals surface area contributed by atoms with E-state index in [2.05, 4.69) is 5.32 Å². The summed E-state index contributed by atoms with van der Waals surface area (Å²) >= 11 is 0. The highest BCUT2D eigenvalue weighted by molar-refractivity contribution is 4.60. The van der Waals surface area contributed by atoms with Crippen molar-refractivity contribution in [2.45, 2.75) is 51.2 Å². The van der Waals surface area contributed by atoms with Crippen molar-refractivity contribution in [3.63, 3.8) is 0 Å². The van der Waals surface area contributed by atoms with Crippen LogP contribution in [0.2, 0.25) is 0 Å². The van der Waals surface area contributed by atoms with Gasteiger partial charge in [0.15, 0.2) is 0 Å². The highest BCUT2D eigenvalue weighted by atomic mass is 19.4. The van der Waals surface area contributed by atoms with Gasteiger partial charge in [0, 0.05) is 12.5 Å². The number of unbranched alkanes of at least 4 members (excludes halogenated alkanes) is 1. The van der Waals surface area contributed by atoms with Gasteiger partial charge >= 0.3 is 6.18 Å². The van der Waals surface area contributed by atoms with Crippen LogP contribution in [0.4, 0.5) is 13.2 Å². The van der Waals surface area contributed by atoms with E-state index in [1.807, 2.05) is 6.92 Å². The van der Waals surface area contributed by atoms with Crippen molar-refractivity contribution in [1.29, 1.82) is 0 Å². The molecule has 0 aromatic heterocycles. The summed E-state index contributed by atoms with van der Waals surface area (Å²) in [5.74, 6) is 0. The van der Waals surface area contributed by atoms with E-state index < -0.39 is 12.6 Å². The highest BCUT2D eigenvalue weighted by Gasteiger charge is 2.25. The Morgan fingerprint density at radius 1 is 1.20 bits per heavy atom. The molecule has 0 radical (unpaired) electrons. The fourth-order valence-electron chi connectivity index (χ4n) is 1.19. The van der Waals surface area contributed by atoms with E-state index in [1.54, 1.807) is 0 Å². The van der Waals surface area contributed by atoms with E-state index in [0.29, 0.717) is 13.0 Å². The number of nitrogens with two attached hydrogens (primary N) is 1. The van der Waals surface area contributed by atoms with Crippen LogP contribution in [0.15, 0.2) is 0 Å². The molecule has 0 rings (SSSR count). The molecule has 0 bridgehead atoms. The lowest BCUT2D eigenvalue weighted by Crippen LogP contribution is -2.26. The Morgan fingerprint density at radius 2 is 1.87 bits per heavy atom. The van der Waals surface area contributed by atoms with E-state index in [0.717, 1.165) is 19.4 Å². The van der Waals surface area contributed by atoms with Crippen molar-refractivity contribution in [3.05, 3.63) is 0 Å². The number of hydrogen-bond acceptors (Lipinski definition) is 2. The first kappa shape index (κ1) is 14.7. The second-order valence-electron chi connectivity index (χ2n) is 3.78. The van der Waals surface area contributed by atoms with E-state index >= 15 is 0 Å². The Balaban J connectivity index is 3.12. The molecule has 92 valence electrons. The Morgan fingerprint density at radius 3 is 2.40 bits per heavy atom. The van der Waals surface area contributed by atoms with E-state index in [4.69, 9.17) is 5.73 Å². The molecule has 0 aromatic rings. The van der Waals surface area contributed by atoms with Crippen LogP contribution >= 0.6 is 0 Å². The number of halogens is 3. The van der Waals surface area contributed by atoms with Crippen LogP contribution in [0.5, 0.6) is 0 Å². The summed E-state index contributed by atoms with van der Waals surface area (Å²) in [6, 6.07) is 0.202. The van der Waals surface area contributed by atoms with Crippen LogP contribution in [0.1, 0.15) is 39.0 Å². The molecule has 0 aliphatic rings. The molecule has 0 aromatic carbocycles. The van der Waals surface area contributed by atoms with Crippen LogP contribution in [-0.4, -0.2) is 25.3 Å². The van der Waals surface area contributed by atoms with Gasteiger partial charge in [-0.2, -0.15) is 13.2 Å². The van der Waals surface area contributed by atoms with Gasteiger partial charge < -0.3 is 11.1 Å². The second kappa shape index (κ2) is 7.93. The standard InChI is InChI=1S/C10H21F3N2/c1-2-9(14)5-8-15-7-4-3-6-10(11,12)13/h9,15H,2-8,14H2,1H3. The predicted octanol–water partition coefficient (Wildman–Crippen LogP) is 2.44. The lowest BCUT2D eigenvalue weighted by atomic mass is 10.1. The van der Waals surface area contributed by atoms with Crippen LogP contribution in [0.25, 0.3) is 0 Å². The fourth-order valence-corrected chi connectivity index (χ4v) is 1.19. The average Bonchev–Trinajstić information content (AvgIpc) is 2.14. The smallest absolute Gasteiger partial charge is 0.328 e. The third kappa shape index (κ3) is 11.6. The van der Waals surface area contributed by atoms with Crippen molar-refractivity contribution < 1.29 is 13.2 Å². The molecule has 0 fully saturated rings. The molecule has 0 spiro atoms. The molecule has 0 saturated heterocycles. The SMILES string of the molecule is CCC(N)CCNCCCCC(F)(F)F. The largest absolute Gasteiger partial charge is 0.389 e. The molecule has 1 unspecified atom stereocenters. The molecular weight excluding hydrogens is 205 g/mol. The normalized spacial score (nSPS) is 14.2. The Labute approximate surface area is 89.4 Å². The fraction of sp³-hybridized carbons (Fsp3) is 1.00. The molecule has 0 amide bonds. The maximum Gasteiger partial charge on any atom is 0.389 e. The number of rotatable bonds is 8. The lowest BCUT2D eigenvalue weighted by molar-refractivity contribution is -0.135. The zero-order chi connectivity index (χ0) is 11.7. The Hall–Kier alpha value is -0.290.